The van der Waals surface area contributed by atoms with E-state index in [1.165, 1.54) is 48.5 Å². The number of aryl methyl sites for hydroxylation is 4. The van der Waals surface area contributed by atoms with Gasteiger partial charge in [0.15, 0.2) is 5.65 Å². The Morgan fingerprint density at radius 3 is 3.00 bits per heavy atom. The molecule has 5 rings (SSSR count). The maximum atomic E-state index is 4.97. The fourth-order valence-corrected chi connectivity index (χ4v) is 4.63. The summed E-state index contributed by atoms with van der Waals surface area (Å²) in [7, 11) is 1.96. The summed E-state index contributed by atoms with van der Waals surface area (Å²) >= 11 is 0. The minimum atomic E-state index is 0.409. The molecule has 1 N–H and O–H groups in total. The number of H-pyrrole nitrogens is 1. The highest BCUT2D eigenvalue weighted by Crippen LogP contribution is 2.33. The van der Waals surface area contributed by atoms with Gasteiger partial charge in [0.25, 0.3) is 0 Å². The molecule has 1 aliphatic heterocycles. The van der Waals surface area contributed by atoms with Crippen molar-refractivity contribution in [2.75, 3.05) is 6.54 Å². The number of likely N-dealkylation sites (tertiary alicyclic amines) is 1. The number of rotatable bonds is 3. The molecule has 3 aromatic heterocycles. The maximum Gasteiger partial charge on any atom is 0.157 e. The first kappa shape index (κ1) is 16.0. The quantitative estimate of drug-likeness (QED) is 0.788. The number of nitrogens with one attached hydrogen (secondary N) is 1. The normalized spacial score (nSPS) is 20.8. The predicted octanol–water partition coefficient (Wildman–Crippen LogP) is 3.22. The van der Waals surface area contributed by atoms with Gasteiger partial charge in [0, 0.05) is 30.9 Å². The molecule has 1 atom stereocenters. The van der Waals surface area contributed by atoms with Gasteiger partial charge < -0.3 is 4.98 Å². The maximum absolute atomic E-state index is 4.97. The fraction of sp³-hybridized carbons (Fsp3) is 0.550. The van der Waals surface area contributed by atoms with Crippen molar-refractivity contribution in [2.24, 2.45) is 7.05 Å². The highest BCUT2D eigenvalue weighted by molar-refractivity contribution is 5.78. The standard InChI is InChI=1S/C20H26N6/c1-13-15-10-14(11-21-20(15)25(2)24-13)12-26-9-5-8-18(26)19-22-16-6-3-4-7-17(16)23-19/h10-11,18H,3-9,12H2,1-2H3,(H,22,23). The SMILES string of the molecule is Cc1nn(C)c2ncc(CN3CCCC3c3nc4c([nH]3)CCCC4)cc12. The molecule has 4 heterocycles. The van der Waals surface area contributed by atoms with Gasteiger partial charge >= 0.3 is 0 Å². The molecule has 6 heteroatoms. The average Bonchev–Trinajstić information content (AvgIpc) is 3.33. The second-order valence-electron chi connectivity index (χ2n) is 7.81. The summed E-state index contributed by atoms with van der Waals surface area (Å²) in [5.74, 6) is 1.18. The molecule has 2 aliphatic rings. The van der Waals surface area contributed by atoms with Crippen molar-refractivity contribution in [3.05, 3.63) is 40.7 Å². The summed E-state index contributed by atoms with van der Waals surface area (Å²) in [6.07, 6.45) is 9.30. The molecule has 136 valence electrons. The minimum absolute atomic E-state index is 0.409. The average molecular weight is 350 g/mol. The van der Waals surface area contributed by atoms with E-state index in [0.717, 1.165) is 42.7 Å². The number of hydrogen-bond donors (Lipinski definition) is 1. The molecule has 1 saturated heterocycles. The van der Waals surface area contributed by atoms with Crippen LogP contribution in [0.5, 0.6) is 0 Å². The molecule has 26 heavy (non-hydrogen) atoms. The number of pyridine rings is 1. The highest BCUT2D eigenvalue weighted by Gasteiger charge is 2.30. The zero-order chi connectivity index (χ0) is 17.7. The van der Waals surface area contributed by atoms with Gasteiger partial charge in [-0.05, 0) is 63.6 Å². The largest absolute Gasteiger partial charge is 0.344 e. The van der Waals surface area contributed by atoms with E-state index in [1.807, 2.05) is 17.9 Å². The van der Waals surface area contributed by atoms with E-state index in [2.05, 4.69) is 33.0 Å². The molecule has 0 radical (unpaired) electrons. The summed E-state index contributed by atoms with van der Waals surface area (Å²) in [5, 5.41) is 5.65. The number of hydrogen-bond acceptors (Lipinski definition) is 4. The summed E-state index contributed by atoms with van der Waals surface area (Å²) in [5.41, 5.74) is 5.97. The molecule has 0 aromatic carbocycles. The van der Waals surface area contributed by atoms with Gasteiger partial charge in [-0.3, -0.25) is 9.58 Å². The highest BCUT2D eigenvalue weighted by atomic mass is 15.3. The zero-order valence-electron chi connectivity index (χ0n) is 15.6. The second kappa shape index (κ2) is 6.20. The van der Waals surface area contributed by atoms with E-state index >= 15 is 0 Å². The van der Waals surface area contributed by atoms with Gasteiger partial charge in [-0.15, -0.1) is 0 Å². The van der Waals surface area contributed by atoms with Crippen molar-refractivity contribution in [2.45, 2.75) is 58.0 Å². The van der Waals surface area contributed by atoms with Crippen LogP contribution in [0.3, 0.4) is 0 Å². The van der Waals surface area contributed by atoms with Gasteiger partial charge in [0.1, 0.15) is 5.82 Å². The molecule has 1 aliphatic carbocycles. The Bertz CT molecular complexity index is 929. The van der Waals surface area contributed by atoms with E-state index in [0.29, 0.717) is 6.04 Å². The molecular weight excluding hydrogens is 324 g/mol. The fourth-order valence-electron chi connectivity index (χ4n) is 4.63. The lowest BCUT2D eigenvalue weighted by molar-refractivity contribution is 0.240. The Balaban J connectivity index is 1.41. The van der Waals surface area contributed by atoms with E-state index < -0.39 is 0 Å². The van der Waals surface area contributed by atoms with Crippen molar-refractivity contribution in [1.82, 2.24) is 29.6 Å². The first-order chi connectivity index (χ1) is 12.7. The number of imidazole rings is 1. The smallest absolute Gasteiger partial charge is 0.157 e. The Hall–Kier alpha value is -2.21. The minimum Gasteiger partial charge on any atom is -0.344 e. The van der Waals surface area contributed by atoms with Gasteiger partial charge in [-0.25, -0.2) is 9.97 Å². The molecule has 0 spiro atoms. The molecule has 0 bridgehead atoms. The van der Waals surface area contributed by atoms with Crippen LogP contribution in [0.1, 0.15) is 60.2 Å². The van der Waals surface area contributed by atoms with Crippen LogP contribution in [0.4, 0.5) is 0 Å². The van der Waals surface area contributed by atoms with Crippen LogP contribution in [0.2, 0.25) is 0 Å². The number of aromatic nitrogens is 5. The predicted molar refractivity (Wildman–Crippen MR) is 101 cm³/mol. The zero-order valence-corrected chi connectivity index (χ0v) is 15.6. The van der Waals surface area contributed by atoms with Crippen molar-refractivity contribution < 1.29 is 0 Å². The number of fused-ring (bicyclic) bond motifs is 2. The van der Waals surface area contributed by atoms with Crippen molar-refractivity contribution in [1.29, 1.82) is 0 Å². The second-order valence-corrected chi connectivity index (χ2v) is 7.81. The molecule has 1 fully saturated rings. The van der Waals surface area contributed by atoms with Crippen LogP contribution >= 0.6 is 0 Å². The molecule has 6 nitrogen and oxygen atoms in total. The molecule has 3 aromatic rings. The summed E-state index contributed by atoms with van der Waals surface area (Å²) in [6, 6.07) is 2.67. The van der Waals surface area contributed by atoms with Crippen molar-refractivity contribution >= 4 is 11.0 Å². The molecule has 1 unspecified atom stereocenters. The third-order valence-corrected chi connectivity index (χ3v) is 5.96. The molecule has 0 saturated carbocycles. The Morgan fingerprint density at radius 2 is 2.12 bits per heavy atom. The third kappa shape index (κ3) is 2.63. The van der Waals surface area contributed by atoms with E-state index in [4.69, 9.17) is 4.98 Å². The summed E-state index contributed by atoms with van der Waals surface area (Å²) in [4.78, 5) is 15.8. The van der Waals surface area contributed by atoms with Crippen LogP contribution < -0.4 is 0 Å². The Kier molecular flexibility index (Phi) is 3.81. The number of nitrogens with zero attached hydrogens (tertiary/aromatic N) is 5. The van der Waals surface area contributed by atoms with Crippen LogP contribution in [-0.4, -0.2) is 36.2 Å². The lowest BCUT2D eigenvalue weighted by atomic mass is 10.0. The Labute approximate surface area is 153 Å². The Morgan fingerprint density at radius 1 is 1.23 bits per heavy atom. The summed E-state index contributed by atoms with van der Waals surface area (Å²) < 4.78 is 1.86. The lowest BCUT2D eigenvalue weighted by Crippen LogP contribution is -2.23. The summed E-state index contributed by atoms with van der Waals surface area (Å²) in [6.45, 7) is 4.10. The molecule has 0 amide bonds. The van der Waals surface area contributed by atoms with Crippen LogP contribution in [0.25, 0.3) is 11.0 Å². The van der Waals surface area contributed by atoms with Gasteiger partial charge in [-0.1, -0.05) is 0 Å². The van der Waals surface area contributed by atoms with E-state index in [9.17, 15) is 0 Å². The van der Waals surface area contributed by atoms with Crippen molar-refractivity contribution in [3.8, 4) is 0 Å². The van der Waals surface area contributed by atoms with Crippen LogP contribution in [0, 0.1) is 6.92 Å². The van der Waals surface area contributed by atoms with Crippen LogP contribution in [-0.2, 0) is 26.4 Å². The molecular formula is C20H26N6. The van der Waals surface area contributed by atoms with Gasteiger partial charge in [0.05, 0.1) is 17.4 Å². The topological polar surface area (TPSA) is 62.6 Å². The first-order valence-electron chi connectivity index (χ1n) is 9.79. The van der Waals surface area contributed by atoms with E-state index in [-0.39, 0.29) is 0 Å². The monoisotopic (exact) mass is 350 g/mol. The van der Waals surface area contributed by atoms with Gasteiger partial charge in [-0.2, -0.15) is 5.10 Å². The van der Waals surface area contributed by atoms with E-state index in [1.54, 1.807) is 0 Å². The van der Waals surface area contributed by atoms with Crippen LogP contribution in [0.15, 0.2) is 12.3 Å². The number of aromatic amines is 1. The lowest BCUT2D eigenvalue weighted by Gasteiger charge is -2.22. The third-order valence-electron chi connectivity index (χ3n) is 5.96. The van der Waals surface area contributed by atoms with Gasteiger partial charge in [0.2, 0.25) is 0 Å². The first-order valence-corrected chi connectivity index (χ1v) is 9.79. The van der Waals surface area contributed by atoms with Crippen molar-refractivity contribution in [3.63, 3.8) is 0 Å².